The Morgan fingerprint density at radius 1 is 1.11 bits per heavy atom. The predicted octanol–water partition coefficient (Wildman–Crippen LogP) is 3.56. The van der Waals surface area contributed by atoms with Crippen LogP contribution in [0.15, 0.2) is 30.5 Å². The number of carbonyl (C=O) groups excluding carboxylic acids is 2. The van der Waals surface area contributed by atoms with E-state index >= 15 is 0 Å². The molecule has 8 heteroatoms. The Morgan fingerprint density at radius 2 is 1.71 bits per heavy atom. The molecule has 1 aliphatic rings. The molecule has 0 bridgehead atoms. The van der Waals surface area contributed by atoms with Gasteiger partial charge in [-0.05, 0) is 37.1 Å². The molecule has 1 saturated heterocycles. The standard InChI is InChI=1S/C20H25ClN4O3/c1-4-28-20(27)24-11-9-23(10-12-24)19(26)17-13-22-25(18(17)14(2)3)16-7-5-15(21)6-8-16/h5-8,13-14H,4,9-12H2,1-3H3. The molecule has 0 N–H and O–H groups in total. The van der Waals surface area contributed by atoms with Crippen molar-refractivity contribution in [3.05, 3.63) is 46.7 Å². The van der Waals surface area contributed by atoms with E-state index in [2.05, 4.69) is 5.10 Å². The summed E-state index contributed by atoms with van der Waals surface area (Å²) >= 11 is 5.99. The molecule has 0 unspecified atom stereocenters. The van der Waals surface area contributed by atoms with E-state index in [1.165, 1.54) is 0 Å². The molecule has 1 aromatic carbocycles. The molecule has 3 rings (SSSR count). The van der Waals surface area contributed by atoms with E-state index in [9.17, 15) is 9.59 Å². The van der Waals surface area contributed by atoms with Crippen LogP contribution < -0.4 is 0 Å². The van der Waals surface area contributed by atoms with E-state index in [0.717, 1.165) is 11.4 Å². The van der Waals surface area contributed by atoms with E-state index in [-0.39, 0.29) is 17.9 Å². The minimum absolute atomic E-state index is 0.0626. The molecule has 1 aliphatic heterocycles. The third-order valence-corrected chi connectivity index (χ3v) is 5.00. The molecular formula is C20H25ClN4O3. The first-order valence-electron chi connectivity index (χ1n) is 9.47. The molecule has 0 radical (unpaired) electrons. The quantitative estimate of drug-likeness (QED) is 0.781. The van der Waals surface area contributed by atoms with Crippen molar-refractivity contribution in [2.24, 2.45) is 0 Å². The van der Waals surface area contributed by atoms with Crippen LogP contribution in [0.1, 0.15) is 42.7 Å². The van der Waals surface area contributed by atoms with Gasteiger partial charge in [0.15, 0.2) is 0 Å². The number of ether oxygens (including phenoxy) is 1. The van der Waals surface area contributed by atoms with Gasteiger partial charge in [-0.15, -0.1) is 0 Å². The summed E-state index contributed by atoms with van der Waals surface area (Å²) in [6, 6.07) is 7.37. The van der Waals surface area contributed by atoms with Crippen molar-refractivity contribution in [3.8, 4) is 5.69 Å². The number of halogens is 1. The van der Waals surface area contributed by atoms with Crippen molar-refractivity contribution in [1.82, 2.24) is 19.6 Å². The fourth-order valence-corrected chi connectivity index (χ4v) is 3.47. The van der Waals surface area contributed by atoms with Gasteiger partial charge >= 0.3 is 6.09 Å². The zero-order valence-electron chi connectivity index (χ0n) is 16.4. The summed E-state index contributed by atoms with van der Waals surface area (Å²) in [4.78, 5) is 28.4. The topological polar surface area (TPSA) is 67.7 Å². The second kappa shape index (κ2) is 8.65. The minimum atomic E-state index is -0.326. The number of nitrogens with zero attached hydrogens (tertiary/aromatic N) is 4. The summed E-state index contributed by atoms with van der Waals surface area (Å²) in [6.07, 6.45) is 1.30. The smallest absolute Gasteiger partial charge is 0.409 e. The first kappa shape index (κ1) is 20.2. The van der Waals surface area contributed by atoms with Crippen LogP contribution in [0.5, 0.6) is 0 Å². The lowest BCUT2D eigenvalue weighted by atomic mass is 10.0. The van der Waals surface area contributed by atoms with Crippen LogP contribution in [0.2, 0.25) is 5.02 Å². The molecule has 0 aliphatic carbocycles. The van der Waals surface area contributed by atoms with Gasteiger partial charge in [-0.2, -0.15) is 5.10 Å². The number of aromatic nitrogens is 2. The molecule has 28 heavy (non-hydrogen) atoms. The van der Waals surface area contributed by atoms with Crippen molar-refractivity contribution in [3.63, 3.8) is 0 Å². The van der Waals surface area contributed by atoms with Gasteiger partial charge < -0.3 is 14.5 Å². The summed E-state index contributed by atoms with van der Waals surface area (Å²) in [5.74, 6) is 0.0466. The zero-order chi connectivity index (χ0) is 20.3. The highest BCUT2D eigenvalue weighted by Gasteiger charge is 2.29. The van der Waals surface area contributed by atoms with Gasteiger partial charge in [-0.3, -0.25) is 4.79 Å². The number of hydrogen-bond acceptors (Lipinski definition) is 4. The maximum Gasteiger partial charge on any atom is 0.409 e. The normalized spacial score (nSPS) is 14.5. The molecule has 0 saturated carbocycles. The minimum Gasteiger partial charge on any atom is -0.450 e. The third kappa shape index (κ3) is 4.14. The summed E-state index contributed by atoms with van der Waals surface area (Å²) in [5.41, 5.74) is 2.31. The fraction of sp³-hybridized carbons (Fsp3) is 0.450. The van der Waals surface area contributed by atoms with Gasteiger partial charge in [0.2, 0.25) is 0 Å². The lowest BCUT2D eigenvalue weighted by Gasteiger charge is -2.34. The molecule has 7 nitrogen and oxygen atoms in total. The van der Waals surface area contributed by atoms with Crippen molar-refractivity contribution in [1.29, 1.82) is 0 Å². The van der Waals surface area contributed by atoms with Gasteiger partial charge in [-0.25, -0.2) is 9.48 Å². The number of amides is 2. The lowest BCUT2D eigenvalue weighted by Crippen LogP contribution is -2.50. The van der Waals surface area contributed by atoms with Crippen molar-refractivity contribution < 1.29 is 14.3 Å². The van der Waals surface area contributed by atoms with Gasteiger partial charge in [0.1, 0.15) is 0 Å². The number of carbonyl (C=O) groups is 2. The molecule has 2 aromatic rings. The van der Waals surface area contributed by atoms with E-state index in [0.29, 0.717) is 43.4 Å². The highest BCUT2D eigenvalue weighted by Crippen LogP contribution is 2.25. The van der Waals surface area contributed by atoms with Crippen LogP contribution in [-0.4, -0.2) is 64.4 Å². The Hall–Kier alpha value is -2.54. The van der Waals surface area contributed by atoms with Gasteiger partial charge in [0.05, 0.1) is 29.7 Å². The van der Waals surface area contributed by atoms with Gasteiger partial charge in [0.25, 0.3) is 5.91 Å². The number of piperazine rings is 1. The van der Waals surface area contributed by atoms with Crippen LogP contribution >= 0.6 is 11.6 Å². The molecule has 0 atom stereocenters. The van der Waals surface area contributed by atoms with Gasteiger partial charge in [0, 0.05) is 31.2 Å². The highest BCUT2D eigenvalue weighted by atomic mass is 35.5. The summed E-state index contributed by atoms with van der Waals surface area (Å²) < 4.78 is 6.83. The van der Waals surface area contributed by atoms with Crippen LogP contribution in [0, 0.1) is 0 Å². The molecule has 1 fully saturated rings. The van der Waals surface area contributed by atoms with Gasteiger partial charge in [-0.1, -0.05) is 25.4 Å². The largest absolute Gasteiger partial charge is 0.450 e. The Morgan fingerprint density at radius 3 is 2.29 bits per heavy atom. The average molecular weight is 405 g/mol. The Labute approximate surface area is 169 Å². The molecular weight excluding hydrogens is 380 g/mol. The average Bonchev–Trinajstić information content (AvgIpc) is 3.13. The van der Waals surface area contributed by atoms with Crippen LogP contribution in [0.4, 0.5) is 4.79 Å². The highest BCUT2D eigenvalue weighted by molar-refractivity contribution is 6.30. The first-order chi connectivity index (χ1) is 13.4. The van der Waals surface area contributed by atoms with Crippen molar-refractivity contribution in [2.75, 3.05) is 32.8 Å². The number of benzene rings is 1. The Bertz CT molecular complexity index is 840. The summed E-state index contributed by atoms with van der Waals surface area (Å²) in [7, 11) is 0. The first-order valence-corrected chi connectivity index (χ1v) is 9.85. The Kier molecular flexibility index (Phi) is 6.24. The van der Waals surface area contributed by atoms with Crippen molar-refractivity contribution >= 4 is 23.6 Å². The summed E-state index contributed by atoms with van der Waals surface area (Å²) in [6.45, 7) is 8.09. The number of hydrogen-bond donors (Lipinski definition) is 0. The lowest BCUT2D eigenvalue weighted by molar-refractivity contribution is 0.0569. The molecule has 2 heterocycles. The van der Waals surface area contributed by atoms with Crippen LogP contribution in [0.3, 0.4) is 0 Å². The van der Waals surface area contributed by atoms with Crippen LogP contribution in [-0.2, 0) is 4.74 Å². The summed E-state index contributed by atoms with van der Waals surface area (Å²) in [5, 5.41) is 5.11. The number of rotatable bonds is 4. The SMILES string of the molecule is CCOC(=O)N1CCN(C(=O)c2cnn(-c3ccc(Cl)cc3)c2C(C)C)CC1. The second-order valence-corrected chi connectivity index (χ2v) is 7.40. The fourth-order valence-electron chi connectivity index (χ4n) is 3.34. The third-order valence-electron chi connectivity index (χ3n) is 4.75. The molecule has 0 spiro atoms. The van der Waals surface area contributed by atoms with E-state index in [1.807, 2.05) is 26.0 Å². The maximum absolute atomic E-state index is 13.1. The van der Waals surface area contributed by atoms with E-state index in [1.54, 1.807) is 39.7 Å². The zero-order valence-corrected chi connectivity index (χ0v) is 17.1. The van der Waals surface area contributed by atoms with Crippen LogP contribution in [0.25, 0.3) is 5.69 Å². The Balaban J connectivity index is 1.79. The van der Waals surface area contributed by atoms with E-state index in [4.69, 9.17) is 16.3 Å². The molecule has 150 valence electrons. The predicted molar refractivity (Wildman–Crippen MR) is 107 cm³/mol. The molecule has 1 aromatic heterocycles. The second-order valence-electron chi connectivity index (χ2n) is 6.96. The maximum atomic E-state index is 13.1. The monoisotopic (exact) mass is 404 g/mol. The van der Waals surface area contributed by atoms with E-state index < -0.39 is 0 Å². The molecule has 2 amide bonds. The van der Waals surface area contributed by atoms with Crippen molar-refractivity contribution in [2.45, 2.75) is 26.7 Å².